The van der Waals surface area contributed by atoms with Crippen LogP contribution in [0.25, 0.3) is 0 Å². The van der Waals surface area contributed by atoms with Crippen molar-refractivity contribution in [3.05, 3.63) is 53.2 Å². The van der Waals surface area contributed by atoms with E-state index in [0.717, 1.165) is 43.3 Å². The Labute approximate surface area is 115 Å². The van der Waals surface area contributed by atoms with Crippen molar-refractivity contribution in [1.82, 2.24) is 9.88 Å². The summed E-state index contributed by atoms with van der Waals surface area (Å²) in [6.07, 6.45) is 2.83. The molecule has 102 valence electrons. The third kappa shape index (κ3) is 3.93. The van der Waals surface area contributed by atoms with Crippen molar-refractivity contribution in [3.8, 4) is 0 Å². The molecule has 0 N–H and O–H groups in total. The van der Waals surface area contributed by atoms with E-state index in [9.17, 15) is 0 Å². The number of rotatable bonds is 6. The molecule has 0 amide bonds. The summed E-state index contributed by atoms with van der Waals surface area (Å²) in [5.41, 5.74) is 2.38. The SMILES string of the molecule is CCN(CCc1ccccn1)Cc1cc(C)c(C)o1. The van der Waals surface area contributed by atoms with Crippen LogP contribution in [-0.4, -0.2) is 23.0 Å². The summed E-state index contributed by atoms with van der Waals surface area (Å²) in [5, 5.41) is 0. The van der Waals surface area contributed by atoms with Crippen molar-refractivity contribution < 1.29 is 4.42 Å². The fourth-order valence-electron chi connectivity index (χ4n) is 2.12. The van der Waals surface area contributed by atoms with E-state index in [2.05, 4.69) is 35.9 Å². The first-order chi connectivity index (χ1) is 9.19. The lowest BCUT2D eigenvalue weighted by molar-refractivity contribution is 0.256. The second-order valence-corrected chi connectivity index (χ2v) is 4.89. The van der Waals surface area contributed by atoms with Gasteiger partial charge in [0.1, 0.15) is 11.5 Å². The van der Waals surface area contributed by atoms with Gasteiger partial charge >= 0.3 is 0 Å². The van der Waals surface area contributed by atoms with Crippen LogP contribution in [0.3, 0.4) is 0 Å². The smallest absolute Gasteiger partial charge is 0.118 e. The summed E-state index contributed by atoms with van der Waals surface area (Å²) in [6.45, 7) is 9.19. The Bertz CT molecular complexity index is 485. The zero-order valence-electron chi connectivity index (χ0n) is 12.0. The summed E-state index contributed by atoms with van der Waals surface area (Å²) in [7, 11) is 0. The normalized spacial score (nSPS) is 11.2. The molecule has 2 rings (SSSR count). The van der Waals surface area contributed by atoms with E-state index in [1.54, 1.807) is 0 Å². The van der Waals surface area contributed by atoms with E-state index in [-0.39, 0.29) is 0 Å². The van der Waals surface area contributed by atoms with E-state index < -0.39 is 0 Å². The Hall–Kier alpha value is -1.61. The van der Waals surface area contributed by atoms with Gasteiger partial charge in [0.2, 0.25) is 0 Å². The van der Waals surface area contributed by atoms with Crippen LogP contribution in [0.2, 0.25) is 0 Å². The molecule has 0 aliphatic heterocycles. The number of aryl methyl sites for hydroxylation is 2. The summed E-state index contributed by atoms with van der Waals surface area (Å²) in [5.74, 6) is 2.08. The van der Waals surface area contributed by atoms with Crippen molar-refractivity contribution in [2.24, 2.45) is 0 Å². The number of aromatic nitrogens is 1. The third-order valence-electron chi connectivity index (χ3n) is 3.45. The highest BCUT2D eigenvalue weighted by atomic mass is 16.3. The fourth-order valence-corrected chi connectivity index (χ4v) is 2.12. The highest BCUT2D eigenvalue weighted by molar-refractivity contribution is 5.18. The minimum Gasteiger partial charge on any atom is -0.465 e. The highest BCUT2D eigenvalue weighted by Crippen LogP contribution is 2.15. The number of nitrogens with zero attached hydrogens (tertiary/aromatic N) is 2. The van der Waals surface area contributed by atoms with Gasteiger partial charge in [-0.05, 0) is 44.2 Å². The lowest BCUT2D eigenvalue weighted by Gasteiger charge is -2.18. The number of pyridine rings is 1. The molecule has 0 unspecified atom stereocenters. The van der Waals surface area contributed by atoms with Crippen LogP contribution in [-0.2, 0) is 13.0 Å². The van der Waals surface area contributed by atoms with Crippen LogP contribution >= 0.6 is 0 Å². The van der Waals surface area contributed by atoms with Gasteiger partial charge in [-0.15, -0.1) is 0 Å². The van der Waals surface area contributed by atoms with Crippen LogP contribution in [0, 0.1) is 13.8 Å². The molecule has 2 aromatic rings. The molecule has 0 aliphatic rings. The maximum absolute atomic E-state index is 5.74. The van der Waals surface area contributed by atoms with E-state index >= 15 is 0 Å². The maximum atomic E-state index is 5.74. The average molecular weight is 258 g/mol. The molecule has 2 heterocycles. The van der Waals surface area contributed by atoms with Gasteiger partial charge in [0.25, 0.3) is 0 Å². The van der Waals surface area contributed by atoms with Crippen molar-refractivity contribution in [2.75, 3.05) is 13.1 Å². The summed E-state index contributed by atoms with van der Waals surface area (Å²) < 4.78 is 5.74. The predicted octanol–water partition coefficient (Wildman–Crippen LogP) is 3.36. The lowest BCUT2D eigenvalue weighted by Crippen LogP contribution is -2.25. The molecule has 0 saturated carbocycles. The van der Waals surface area contributed by atoms with Crippen LogP contribution in [0.4, 0.5) is 0 Å². The van der Waals surface area contributed by atoms with Gasteiger partial charge in [0.15, 0.2) is 0 Å². The molecule has 19 heavy (non-hydrogen) atoms. The van der Waals surface area contributed by atoms with Gasteiger partial charge in [-0.1, -0.05) is 13.0 Å². The molecular weight excluding hydrogens is 236 g/mol. The van der Waals surface area contributed by atoms with Gasteiger partial charge in [-0.25, -0.2) is 0 Å². The molecule has 0 fully saturated rings. The van der Waals surface area contributed by atoms with Crippen molar-refractivity contribution in [2.45, 2.75) is 33.7 Å². The Balaban J connectivity index is 1.90. The van der Waals surface area contributed by atoms with Gasteiger partial charge in [0.05, 0.1) is 6.54 Å². The molecule has 0 bridgehead atoms. The largest absolute Gasteiger partial charge is 0.465 e. The topological polar surface area (TPSA) is 29.3 Å². The monoisotopic (exact) mass is 258 g/mol. The van der Waals surface area contributed by atoms with E-state index in [1.807, 2.05) is 25.3 Å². The minimum atomic E-state index is 0.873. The molecule has 0 radical (unpaired) electrons. The highest BCUT2D eigenvalue weighted by Gasteiger charge is 2.09. The van der Waals surface area contributed by atoms with Crippen LogP contribution < -0.4 is 0 Å². The zero-order chi connectivity index (χ0) is 13.7. The number of likely N-dealkylation sites (N-methyl/N-ethyl adjacent to an activating group) is 1. The molecule has 0 atom stereocenters. The second-order valence-electron chi connectivity index (χ2n) is 4.89. The van der Waals surface area contributed by atoms with Gasteiger partial charge < -0.3 is 4.42 Å². The lowest BCUT2D eigenvalue weighted by atomic mass is 10.2. The van der Waals surface area contributed by atoms with Gasteiger partial charge in [-0.3, -0.25) is 9.88 Å². The first-order valence-corrected chi connectivity index (χ1v) is 6.87. The molecule has 0 spiro atoms. The van der Waals surface area contributed by atoms with E-state index in [1.165, 1.54) is 5.56 Å². The average Bonchev–Trinajstić information content (AvgIpc) is 2.74. The second kappa shape index (κ2) is 6.53. The van der Waals surface area contributed by atoms with Crippen LogP contribution in [0.15, 0.2) is 34.9 Å². The maximum Gasteiger partial charge on any atom is 0.118 e. The van der Waals surface area contributed by atoms with Gasteiger partial charge in [0, 0.05) is 24.9 Å². The summed E-state index contributed by atoms with van der Waals surface area (Å²) in [6, 6.07) is 8.21. The van der Waals surface area contributed by atoms with Crippen molar-refractivity contribution in [3.63, 3.8) is 0 Å². The van der Waals surface area contributed by atoms with Crippen molar-refractivity contribution in [1.29, 1.82) is 0 Å². The molecule has 0 aliphatic carbocycles. The van der Waals surface area contributed by atoms with E-state index in [0.29, 0.717) is 0 Å². The number of hydrogen-bond acceptors (Lipinski definition) is 3. The van der Waals surface area contributed by atoms with Crippen LogP contribution in [0.5, 0.6) is 0 Å². The Morgan fingerprint density at radius 3 is 2.68 bits per heavy atom. The first kappa shape index (κ1) is 13.8. The Morgan fingerprint density at radius 2 is 2.11 bits per heavy atom. The minimum absolute atomic E-state index is 0.873. The molecular formula is C16H22N2O. The first-order valence-electron chi connectivity index (χ1n) is 6.87. The molecule has 3 heteroatoms. The molecule has 2 aromatic heterocycles. The summed E-state index contributed by atoms with van der Waals surface area (Å²) >= 11 is 0. The zero-order valence-corrected chi connectivity index (χ0v) is 12.0. The Kier molecular flexibility index (Phi) is 4.74. The van der Waals surface area contributed by atoms with Crippen LogP contribution in [0.1, 0.15) is 29.7 Å². The number of hydrogen-bond donors (Lipinski definition) is 0. The summed E-state index contributed by atoms with van der Waals surface area (Å²) in [4.78, 5) is 6.74. The van der Waals surface area contributed by atoms with E-state index in [4.69, 9.17) is 4.42 Å². The fraction of sp³-hybridized carbons (Fsp3) is 0.438. The molecule has 0 saturated heterocycles. The Morgan fingerprint density at radius 1 is 1.26 bits per heavy atom. The number of furan rings is 1. The quantitative estimate of drug-likeness (QED) is 0.795. The third-order valence-corrected chi connectivity index (χ3v) is 3.45. The molecule has 3 nitrogen and oxygen atoms in total. The van der Waals surface area contributed by atoms with Gasteiger partial charge in [-0.2, -0.15) is 0 Å². The van der Waals surface area contributed by atoms with Crippen molar-refractivity contribution >= 4 is 0 Å². The standard InChI is InChI=1S/C16H22N2O/c1-4-18(10-8-15-7-5-6-9-17-15)12-16-11-13(2)14(3)19-16/h5-7,9,11H,4,8,10,12H2,1-3H3. The molecule has 0 aromatic carbocycles. The predicted molar refractivity (Wildman–Crippen MR) is 77.1 cm³/mol.